The molecule has 1 aliphatic heterocycles. The van der Waals surface area contributed by atoms with E-state index in [-0.39, 0.29) is 17.0 Å². The first kappa shape index (κ1) is 25.6. The third kappa shape index (κ3) is 5.61. The highest BCUT2D eigenvalue weighted by Gasteiger charge is 2.30. The average molecular weight is 521 g/mol. The molecule has 0 amide bonds. The van der Waals surface area contributed by atoms with Gasteiger partial charge in [0.25, 0.3) is 10.0 Å². The minimum absolute atomic E-state index is 0.0211. The third-order valence-electron chi connectivity index (χ3n) is 7.40. The number of rotatable bonds is 7. The van der Waals surface area contributed by atoms with Crippen LogP contribution in [0.1, 0.15) is 52.5 Å². The summed E-state index contributed by atoms with van der Waals surface area (Å²) in [6.45, 7) is 9.19. The van der Waals surface area contributed by atoms with Crippen molar-refractivity contribution in [3.8, 4) is 5.75 Å². The van der Waals surface area contributed by atoms with Gasteiger partial charge in [0.1, 0.15) is 18.0 Å². The van der Waals surface area contributed by atoms with Crippen LogP contribution in [-0.2, 0) is 14.8 Å². The van der Waals surface area contributed by atoms with Crippen LogP contribution in [-0.4, -0.2) is 33.1 Å². The molecule has 37 heavy (non-hydrogen) atoms. The van der Waals surface area contributed by atoms with E-state index in [4.69, 9.17) is 14.5 Å². The SMILES string of the molecule is CC1CC(C)CC(Oc2cccc(C3=NC(C(C)C)CO3)c2NS(=O)(=O)c2ccc3ccccc3c2)C1. The standard InChI is InChI=1S/C30H36N2O4S/c1-19(2)27-18-35-30(31-27)26-10-7-11-28(36-24-15-20(3)14-21(4)16-24)29(26)32-37(33,34)25-13-12-22-8-5-6-9-23(22)17-25/h5-13,17,19-21,24,27,32H,14-16,18H2,1-4H3. The Morgan fingerprint density at radius 3 is 2.38 bits per heavy atom. The lowest BCUT2D eigenvalue weighted by Gasteiger charge is -2.32. The zero-order valence-electron chi connectivity index (χ0n) is 22.0. The van der Waals surface area contributed by atoms with Crippen LogP contribution in [0.4, 0.5) is 5.69 Å². The van der Waals surface area contributed by atoms with E-state index in [2.05, 4.69) is 32.4 Å². The van der Waals surface area contributed by atoms with Gasteiger partial charge in [-0.3, -0.25) is 4.72 Å². The summed E-state index contributed by atoms with van der Waals surface area (Å²) in [7, 11) is -3.91. The first-order chi connectivity index (χ1) is 17.7. The van der Waals surface area contributed by atoms with Crippen LogP contribution in [0, 0.1) is 17.8 Å². The van der Waals surface area contributed by atoms with Crippen LogP contribution >= 0.6 is 0 Å². The molecule has 0 aromatic heterocycles. The predicted octanol–water partition coefficient (Wildman–Crippen LogP) is 6.65. The molecule has 5 rings (SSSR count). The van der Waals surface area contributed by atoms with E-state index in [0.29, 0.717) is 47.3 Å². The van der Waals surface area contributed by atoms with Crippen molar-refractivity contribution < 1.29 is 17.9 Å². The number of hydrogen-bond donors (Lipinski definition) is 1. The van der Waals surface area contributed by atoms with Gasteiger partial charge in [-0.25, -0.2) is 13.4 Å². The summed E-state index contributed by atoms with van der Waals surface area (Å²) in [6.07, 6.45) is 3.09. The van der Waals surface area contributed by atoms with Crippen LogP contribution in [0.2, 0.25) is 0 Å². The second-order valence-electron chi connectivity index (χ2n) is 11.0. The lowest BCUT2D eigenvalue weighted by atomic mass is 9.82. The van der Waals surface area contributed by atoms with E-state index < -0.39 is 10.0 Å². The Morgan fingerprint density at radius 1 is 0.946 bits per heavy atom. The molecule has 1 saturated carbocycles. The van der Waals surface area contributed by atoms with Gasteiger partial charge in [0.15, 0.2) is 0 Å². The van der Waals surface area contributed by atoms with E-state index in [9.17, 15) is 8.42 Å². The maximum Gasteiger partial charge on any atom is 0.262 e. The summed E-state index contributed by atoms with van der Waals surface area (Å²) >= 11 is 0. The van der Waals surface area contributed by atoms with Gasteiger partial charge in [0, 0.05) is 0 Å². The molecule has 2 aliphatic rings. The van der Waals surface area contributed by atoms with Gasteiger partial charge in [-0.15, -0.1) is 0 Å². The van der Waals surface area contributed by atoms with Gasteiger partial charge in [-0.2, -0.15) is 0 Å². The smallest absolute Gasteiger partial charge is 0.262 e. The van der Waals surface area contributed by atoms with Crippen LogP contribution in [0.25, 0.3) is 10.8 Å². The fourth-order valence-electron chi connectivity index (χ4n) is 5.47. The van der Waals surface area contributed by atoms with Gasteiger partial charge in [-0.05, 0) is 72.1 Å². The fourth-order valence-corrected chi connectivity index (χ4v) is 6.59. The molecule has 3 atom stereocenters. The molecule has 0 saturated heterocycles. The van der Waals surface area contributed by atoms with Crippen molar-refractivity contribution in [2.75, 3.05) is 11.3 Å². The van der Waals surface area contributed by atoms with Crippen molar-refractivity contribution in [2.45, 2.75) is 64.0 Å². The Morgan fingerprint density at radius 2 is 1.68 bits per heavy atom. The van der Waals surface area contributed by atoms with Crippen molar-refractivity contribution in [1.82, 2.24) is 0 Å². The number of nitrogens with one attached hydrogen (secondary N) is 1. The normalized spacial score (nSPS) is 24.1. The highest BCUT2D eigenvalue weighted by atomic mass is 32.2. The zero-order valence-corrected chi connectivity index (χ0v) is 22.8. The number of aliphatic imine (C=N–C) groups is 1. The molecule has 0 spiro atoms. The Hall–Kier alpha value is -3.06. The predicted molar refractivity (Wildman–Crippen MR) is 149 cm³/mol. The second kappa shape index (κ2) is 10.4. The number of sulfonamides is 1. The summed E-state index contributed by atoms with van der Waals surface area (Å²) in [6, 6.07) is 18.5. The number of ether oxygens (including phenoxy) is 2. The quantitative estimate of drug-likeness (QED) is 0.379. The Labute approximate surface area is 220 Å². The topological polar surface area (TPSA) is 77.0 Å². The number of fused-ring (bicyclic) bond motifs is 1. The van der Waals surface area contributed by atoms with Crippen molar-refractivity contribution in [3.63, 3.8) is 0 Å². The van der Waals surface area contributed by atoms with Crippen LogP contribution < -0.4 is 9.46 Å². The van der Waals surface area contributed by atoms with Crippen LogP contribution in [0.5, 0.6) is 5.75 Å². The fraction of sp³-hybridized carbons (Fsp3) is 0.433. The van der Waals surface area contributed by atoms with E-state index in [0.717, 1.165) is 23.6 Å². The van der Waals surface area contributed by atoms with E-state index >= 15 is 0 Å². The molecule has 1 N–H and O–H groups in total. The molecule has 0 radical (unpaired) electrons. The van der Waals surface area contributed by atoms with Crippen molar-refractivity contribution in [1.29, 1.82) is 0 Å². The maximum absolute atomic E-state index is 13.7. The van der Waals surface area contributed by atoms with Crippen molar-refractivity contribution in [2.24, 2.45) is 22.7 Å². The molecule has 1 fully saturated rings. The highest BCUT2D eigenvalue weighted by molar-refractivity contribution is 7.92. The molecule has 3 aromatic rings. The van der Waals surface area contributed by atoms with Crippen LogP contribution in [0.15, 0.2) is 70.6 Å². The molecule has 3 aromatic carbocycles. The molecule has 0 bridgehead atoms. The second-order valence-corrected chi connectivity index (χ2v) is 12.7. The maximum atomic E-state index is 13.7. The molecule has 7 heteroatoms. The lowest BCUT2D eigenvalue weighted by molar-refractivity contribution is 0.102. The lowest BCUT2D eigenvalue weighted by Crippen LogP contribution is -2.29. The van der Waals surface area contributed by atoms with Gasteiger partial charge in [0.2, 0.25) is 5.90 Å². The minimum atomic E-state index is -3.91. The summed E-state index contributed by atoms with van der Waals surface area (Å²) in [5.41, 5.74) is 0.978. The summed E-state index contributed by atoms with van der Waals surface area (Å²) in [4.78, 5) is 4.97. The summed E-state index contributed by atoms with van der Waals surface area (Å²) < 4.78 is 42.7. The zero-order chi connectivity index (χ0) is 26.2. The van der Waals surface area contributed by atoms with Gasteiger partial charge in [-0.1, -0.05) is 64.1 Å². The highest BCUT2D eigenvalue weighted by Crippen LogP contribution is 2.37. The number of benzene rings is 3. The average Bonchev–Trinajstić information content (AvgIpc) is 3.35. The molecule has 6 nitrogen and oxygen atoms in total. The Bertz CT molecular complexity index is 1410. The molecular formula is C30H36N2O4S. The van der Waals surface area contributed by atoms with Crippen molar-refractivity contribution >= 4 is 32.4 Å². The Kier molecular flexibility index (Phi) is 7.17. The molecular weight excluding hydrogens is 484 g/mol. The molecule has 1 heterocycles. The van der Waals surface area contributed by atoms with Crippen molar-refractivity contribution in [3.05, 3.63) is 66.2 Å². The molecule has 196 valence electrons. The van der Waals surface area contributed by atoms with E-state index in [1.807, 2.05) is 48.5 Å². The first-order valence-electron chi connectivity index (χ1n) is 13.2. The third-order valence-corrected chi connectivity index (χ3v) is 8.74. The number of anilines is 1. The van der Waals surface area contributed by atoms with E-state index in [1.54, 1.807) is 12.1 Å². The minimum Gasteiger partial charge on any atom is -0.488 e. The number of nitrogens with zero attached hydrogens (tertiary/aromatic N) is 1. The van der Waals surface area contributed by atoms with Crippen LogP contribution in [0.3, 0.4) is 0 Å². The molecule has 3 unspecified atom stereocenters. The van der Waals surface area contributed by atoms with Gasteiger partial charge in [0.05, 0.1) is 22.6 Å². The molecule has 1 aliphatic carbocycles. The van der Waals surface area contributed by atoms with E-state index in [1.165, 1.54) is 6.42 Å². The summed E-state index contributed by atoms with van der Waals surface area (Å²) in [5.74, 6) is 2.39. The largest absolute Gasteiger partial charge is 0.488 e. The number of hydrogen-bond acceptors (Lipinski definition) is 5. The number of para-hydroxylation sites is 1. The van der Waals surface area contributed by atoms with Gasteiger partial charge >= 0.3 is 0 Å². The first-order valence-corrected chi connectivity index (χ1v) is 14.7. The van der Waals surface area contributed by atoms with Gasteiger partial charge < -0.3 is 9.47 Å². The Balaban J connectivity index is 1.54. The monoisotopic (exact) mass is 520 g/mol. The summed E-state index contributed by atoms with van der Waals surface area (Å²) in [5, 5.41) is 1.85.